The van der Waals surface area contributed by atoms with Crippen LogP contribution in [-0.2, 0) is 0 Å². The molecule has 1 unspecified atom stereocenters. The minimum absolute atomic E-state index is 0.177. The van der Waals surface area contributed by atoms with Gasteiger partial charge in [-0.1, -0.05) is 33.8 Å². The Morgan fingerprint density at radius 3 is 2.53 bits per heavy atom. The van der Waals surface area contributed by atoms with Gasteiger partial charge in [-0.2, -0.15) is 0 Å². The molecule has 1 N–H and O–H groups in total. The molecule has 0 saturated carbocycles. The molecule has 0 saturated heterocycles. The zero-order chi connectivity index (χ0) is 14.5. The normalized spacial score (nSPS) is 13.4. The second-order valence-corrected chi connectivity index (χ2v) is 6.23. The number of anilines is 1. The third-order valence-corrected chi connectivity index (χ3v) is 3.39. The Hall–Kier alpha value is -1.09. The molecule has 19 heavy (non-hydrogen) atoms. The van der Waals surface area contributed by atoms with Crippen molar-refractivity contribution in [3.63, 3.8) is 0 Å². The van der Waals surface area contributed by atoms with Gasteiger partial charge in [0.2, 0.25) is 0 Å². The number of nitrogens with one attached hydrogen (secondary N) is 1. The Morgan fingerprint density at radius 2 is 2.00 bits per heavy atom. The van der Waals surface area contributed by atoms with Crippen LogP contribution in [-0.4, -0.2) is 26.2 Å². The zero-order valence-corrected chi connectivity index (χ0v) is 12.8. The fourth-order valence-electron chi connectivity index (χ4n) is 2.06. The first-order valence-corrected chi connectivity index (χ1v) is 7.04. The summed E-state index contributed by atoms with van der Waals surface area (Å²) in [6.07, 6.45) is 1.12. The molecular weight excluding hydrogens is 239 g/mol. The van der Waals surface area contributed by atoms with E-state index >= 15 is 0 Å². The van der Waals surface area contributed by atoms with E-state index in [9.17, 15) is 4.39 Å². The highest BCUT2D eigenvalue weighted by molar-refractivity contribution is 5.45. The molecule has 0 fully saturated rings. The molecule has 0 aliphatic carbocycles. The van der Waals surface area contributed by atoms with Crippen LogP contribution in [0.1, 0.15) is 34.1 Å². The molecule has 2 nitrogen and oxygen atoms in total. The third kappa shape index (κ3) is 5.19. The highest BCUT2D eigenvalue weighted by Crippen LogP contribution is 2.22. The van der Waals surface area contributed by atoms with Crippen LogP contribution >= 0.6 is 0 Å². The molecule has 0 radical (unpaired) electrons. The highest BCUT2D eigenvalue weighted by atomic mass is 19.1. The summed E-state index contributed by atoms with van der Waals surface area (Å²) in [6.45, 7) is 10.8. The molecule has 1 aromatic carbocycles. The Bertz CT molecular complexity index is 385. The van der Waals surface area contributed by atoms with E-state index in [1.54, 1.807) is 12.1 Å². The zero-order valence-electron chi connectivity index (χ0n) is 12.8. The Labute approximate surface area is 117 Å². The molecule has 0 aliphatic heterocycles. The first-order chi connectivity index (χ1) is 8.84. The quantitative estimate of drug-likeness (QED) is 0.845. The second-order valence-electron chi connectivity index (χ2n) is 6.23. The van der Waals surface area contributed by atoms with Crippen molar-refractivity contribution in [3.05, 3.63) is 30.1 Å². The monoisotopic (exact) mass is 266 g/mol. The standard InChI is InChI=1S/C16H27FN2/c1-6-10-18-15(16(2,3)4)12-19(5)14-9-7-8-13(17)11-14/h7-9,11,15,18H,6,10,12H2,1-5H3. The largest absolute Gasteiger partial charge is 0.373 e. The maximum absolute atomic E-state index is 13.3. The van der Waals surface area contributed by atoms with Gasteiger partial charge in [0.15, 0.2) is 0 Å². The maximum atomic E-state index is 13.3. The summed E-state index contributed by atoms with van der Waals surface area (Å²) in [5, 5.41) is 3.59. The van der Waals surface area contributed by atoms with Crippen LogP contribution in [0.3, 0.4) is 0 Å². The molecule has 1 atom stereocenters. The molecule has 0 bridgehead atoms. The average molecular weight is 266 g/mol. The summed E-state index contributed by atoms with van der Waals surface area (Å²) < 4.78 is 13.3. The molecule has 0 aliphatic rings. The third-order valence-electron chi connectivity index (χ3n) is 3.39. The van der Waals surface area contributed by atoms with Gasteiger partial charge in [0, 0.05) is 25.3 Å². The molecule has 1 rings (SSSR count). The minimum atomic E-state index is -0.182. The lowest BCUT2D eigenvalue weighted by Crippen LogP contribution is -2.48. The number of halogens is 1. The van der Waals surface area contributed by atoms with Crippen LogP contribution in [0.2, 0.25) is 0 Å². The SMILES string of the molecule is CCCNC(CN(C)c1cccc(F)c1)C(C)(C)C. The van der Waals surface area contributed by atoms with Gasteiger partial charge in [0.05, 0.1) is 0 Å². The van der Waals surface area contributed by atoms with Crippen LogP contribution in [0.25, 0.3) is 0 Å². The number of hydrogen-bond acceptors (Lipinski definition) is 2. The lowest BCUT2D eigenvalue weighted by atomic mass is 9.86. The van der Waals surface area contributed by atoms with Crippen LogP contribution in [0.4, 0.5) is 10.1 Å². The fraction of sp³-hybridized carbons (Fsp3) is 0.625. The molecule has 108 valence electrons. The van der Waals surface area contributed by atoms with E-state index in [0.29, 0.717) is 6.04 Å². The van der Waals surface area contributed by atoms with Crippen molar-refractivity contribution in [1.82, 2.24) is 5.32 Å². The van der Waals surface area contributed by atoms with E-state index in [0.717, 1.165) is 25.2 Å². The van der Waals surface area contributed by atoms with Crippen LogP contribution in [0, 0.1) is 11.2 Å². The van der Waals surface area contributed by atoms with E-state index in [2.05, 4.69) is 37.9 Å². The molecule has 0 heterocycles. The summed E-state index contributed by atoms with van der Waals surface area (Å²) in [5.74, 6) is -0.182. The molecular formula is C16H27FN2. The van der Waals surface area contributed by atoms with E-state index in [1.165, 1.54) is 6.07 Å². The maximum Gasteiger partial charge on any atom is 0.125 e. The summed E-state index contributed by atoms with van der Waals surface area (Å²) in [7, 11) is 2.02. The van der Waals surface area contributed by atoms with E-state index < -0.39 is 0 Å². The Kier molecular flexibility index (Phi) is 5.80. The van der Waals surface area contributed by atoms with Gasteiger partial charge < -0.3 is 10.2 Å². The number of hydrogen-bond donors (Lipinski definition) is 1. The first-order valence-electron chi connectivity index (χ1n) is 7.04. The number of likely N-dealkylation sites (N-methyl/N-ethyl adjacent to an activating group) is 1. The van der Waals surface area contributed by atoms with Crippen LogP contribution in [0.5, 0.6) is 0 Å². The van der Waals surface area contributed by atoms with Gasteiger partial charge in [-0.15, -0.1) is 0 Å². The van der Waals surface area contributed by atoms with E-state index in [-0.39, 0.29) is 11.2 Å². The number of benzene rings is 1. The molecule has 0 spiro atoms. The van der Waals surface area contributed by atoms with Crippen LogP contribution < -0.4 is 10.2 Å². The van der Waals surface area contributed by atoms with Gasteiger partial charge >= 0.3 is 0 Å². The first kappa shape index (κ1) is 16.0. The van der Waals surface area contributed by atoms with Gasteiger partial charge in [0.25, 0.3) is 0 Å². The van der Waals surface area contributed by atoms with Crippen molar-refractivity contribution in [1.29, 1.82) is 0 Å². The smallest absolute Gasteiger partial charge is 0.125 e. The average Bonchev–Trinajstić information content (AvgIpc) is 2.32. The van der Waals surface area contributed by atoms with Gasteiger partial charge in [-0.25, -0.2) is 4.39 Å². The van der Waals surface area contributed by atoms with E-state index in [1.807, 2.05) is 13.1 Å². The summed E-state index contributed by atoms with van der Waals surface area (Å²) >= 11 is 0. The Morgan fingerprint density at radius 1 is 1.32 bits per heavy atom. The number of nitrogens with zero attached hydrogens (tertiary/aromatic N) is 1. The second kappa shape index (κ2) is 6.90. The van der Waals surface area contributed by atoms with Crippen molar-refractivity contribution < 1.29 is 4.39 Å². The molecule has 0 amide bonds. The predicted octanol–water partition coefficient (Wildman–Crippen LogP) is 3.68. The van der Waals surface area contributed by atoms with Crippen molar-refractivity contribution in [2.45, 2.75) is 40.2 Å². The lowest BCUT2D eigenvalue weighted by Gasteiger charge is -2.35. The van der Waals surface area contributed by atoms with Gasteiger partial charge in [0.1, 0.15) is 5.82 Å². The van der Waals surface area contributed by atoms with Crippen molar-refractivity contribution in [2.75, 3.05) is 25.0 Å². The molecule has 3 heteroatoms. The van der Waals surface area contributed by atoms with Crippen molar-refractivity contribution in [2.24, 2.45) is 5.41 Å². The highest BCUT2D eigenvalue weighted by Gasteiger charge is 2.25. The molecule has 1 aromatic rings. The minimum Gasteiger partial charge on any atom is -0.373 e. The van der Waals surface area contributed by atoms with E-state index in [4.69, 9.17) is 0 Å². The van der Waals surface area contributed by atoms with Crippen LogP contribution in [0.15, 0.2) is 24.3 Å². The molecule has 0 aromatic heterocycles. The number of rotatable bonds is 6. The van der Waals surface area contributed by atoms with Crippen molar-refractivity contribution >= 4 is 5.69 Å². The Balaban J connectivity index is 2.73. The van der Waals surface area contributed by atoms with Crippen molar-refractivity contribution in [3.8, 4) is 0 Å². The van der Waals surface area contributed by atoms with Gasteiger partial charge in [-0.3, -0.25) is 0 Å². The summed E-state index contributed by atoms with van der Waals surface area (Å²) in [4.78, 5) is 2.11. The lowest BCUT2D eigenvalue weighted by molar-refractivity contribution is 0.272. The summed E-state index contributed by atoms with van der Waals surface area (Å²) in [6, 6.07) is 7.14. The predicted molar refractivity (Wildman–Crippen MR) is 81.2 cm³/mol. The summed E-state index contributed by atoms with van der Waals surface area (Å²) in [5.41, 5.74) is 1.10. The van der Waals surface area contributed by atoms with Gasteiger partial charge in [-0.05, 0) is 36.6 Å². The topological polar surface area (TPSA) is 15.3 Å². The fourth-order valence-corrected chi connectivity index (χ4v) is 2.06.